The van der Waals surface area contributed by atoms with Crippen LogP contribution in [-0.2, 0) is 0 Å². The standard InChI is InChI=1S/C24H18N4O4/c1-31-17-4-2-3-13-19(18-14-9-12(29)7-5-11(14)6-8-16(18)30)20-21(26)15(10-25)23(27)28-24(20)32-22(13)17/h2-9,19,29-30H,1H3,(H4,26,27,28). The molecule has 8 nitrogen and oxygen atoms in total. The van der Waals surface area contributed by atoms with E-state index in [1.807, 2.05) is 12.1 Å². The van der Waals surface area contributed by atoms with Gasteiger partial charge in [0.05, 0.1) is 18.4 Å². The number of nitrogens with two attached hydrogens (primary N) is 2. The lowest BCUT2D eigenvalue weighted by Crippen LogP contribution is -2.18. The number of fused-ring (bicyclic) bond motifs is 3. The molecule has 32 heavy (non-hydrogen) atoms. The van der Waals surface area contributed by atoms with Crippen molar-refractivity contribution < 1.29 is 19.7 Å². The molecule has 158 valence electrons. The molecule has 1 aromatic heterocycles. The third kappa shape index (κ3) is 2.65. The summed E-state index contributed by atoms with van der Waals surface area (Å²) in [6.45, 7) is 0. The Balaban J connectivity index is 1.95. The van der Waals surface area contributed by atoms with Crippen molar-refractivity contribution in [3.8, 4) is 34.9 Å². The van der Waals surface area contributed by atoms with Crippen molar-refractivity contribution in [2.24, 2.45) is 0 Å². The van der Waals surface area contributed by atoms with Crippen LogP contribution < -0.4 is 20.9 Å². The fraction of sp³-hybridized carbons (Fsp3) is 0.0833. The summed E-state index contributed by atoms with van der Waals surface area (Å²) < 4.78 is 11.5. The molecule has 5 rings (SSSR count). The van der Waals surface area contributed by atoms with Crippen LogP contribution in [0.15, 0.2) is 48.5 Å². The van der Waals surface area contributed by atoms with Gasteiger partial charge in [-0.15, -0.1) is 0 Å². The first-order valence-electron chi connectivity index (χ1n) is 9.72. The van der Waals surface area contributed by atoms with E-state index in [2.05, 4.69) is 4.98 Å². The number of hydrogen-bond acceptors (Lipinski definition) is 8. The van der Waals surface area contributed by atoms with Gasteiger partial charge in [-0.25, -0.2) is 0 Å². The zero-order chi connectivity index (χ0) is 22.6. The highest BCUT2D eigenvalue weighted by atomic mass is 16.5. The predicted molar refractivity (Wildman–Crippen MR) is 119 cm³/mol. The molecule has 0 spiro atoms. The Bertz CT molecular complexity index is 1450. The molecule has 1 unspecified atom stereocenters. The maximum absolute atomic E-state index is 11.0. The molecule has 0 saturated carbocycles. The van der Waals surface area contributed by atoms with Gasteiger partial charge in [-0.05, 0) is 35.0 Å². The average molecular weight is 426 g/mol. The van der Waals surface area contributed by atoms with Crippen molar-refractivity contribution >= 4 is 22.3 Å². The summed E-state index contributed by atoms with van der Waals surface area (Å²) in [6, 6.07) is 15.6. The third-order valence-electron chi connectivity index (χ3n) is 5.72. The molecule has 1 aliphatic heterocycles. The number of phenolic OH excluding ortho intramolecular Hbond substituents is 2. The number of nitriles is 1. The van der Waals surface area contributed by atoms with Crippen LogP contribution in [0.3, 0.4) is 0 Å². The van der Waals surface area contributed by atoms with Crippen LogP contribution in [0.4, 0.5) is 11.5 Å². The summed E-state index contributed by atoms with van der Waals surface area (Å²) in [4.78, 5) is 4.29. The summed E-state index contributed by atoms with van der Waals surface area (Å²) in [5.41, 5.74) is 14.1. The predicted octanol–water partition coefficient (Wildman–Crippen LogP) is 3.98. The van der Waals surface area contributed by atoms with E-state index in [1.54, 1.807) is 42.5 Å². The first-order chi connectivity index (χ1) is 15.4. The Hall–Kier alpha value is -4.64. The van der Waals surface area contributed by atoms with Crippen LogP contribution in [0.5, 0.6) is 28.9 Å². The van der Waals surface area contributed by atoms with Gasteiger partial charge in [0.1, 0.15) is 28.9 Å². The quantitative estimate of drug-likeness (QED) is 0.331. The molecule has 3 aromatic carbocycles. The van der Waals surface area contributed by atoms with E-state index in [0.29, 0.717) is 33.6 Å². The Morgan fingerprint density at radius 3 is 2.62 bits per heavy atom. The number of phenols is 2. The molecule has 0 aliphatic carbocycles. The van der Waals surface area contributed by atoms with E-state index in [-0.39, 0.29) is 34.4 Å². The van der Waals surface area contributed by atoms with E-state index in [9.17, 15) is 15.5 Å². The van der Waals surface area contributed by atoms with Crippen LogP contribution in [-0.4, -0.2) is 22.3 Å². The van der Waals surface area contributed by atoms with Gasteiger partial charge in [0.2, 0.25) is 5.88 Å². The highest BCUT2D eigenvalue weighted by Gasteiger charge is 2.37. The van der Waals surface area contributed by atoms with Gasteiger partial charge in [-0.3, -0.25) is 0 Å². The van der Waals surface area contributed by atoms with Crippen LogP contribution >= 0.6 is 0 Å². The van der Waals surface area contributed by atoms with Gasteiger partial charge >= 0.3 is 0 Å². The highest BCUT2D eigenvalue weighted by molar-refractivity contribution is 5.92. The first-order valence-corrected chi connectivity index (χ1v) is 9.72. The van der Waals surface area contributed by atoms with Crippen molar-refractivity contribution in [1.82, 2.24) is 4.98 Å². The molecule has 4 aromatic rings. The van der Waals surface area contributed by atoms with Gasteiger partial charge in [-0.2, -0.15) is 10.2 Å². The molecule has 0 amide bonds. The minimum absolute atomic E-state index is 0.00977. The van der Waals surface area contributed by atoms with Gasteiger partial charge in [0.25, 0.3) is 0 Å². The molecule has 0 bridgehead atoms. The van der Waals surface area contributed by atoms with E-state index in [0.717, 1.165) is 5.39 Å². The molecule has 1 aliphatic rings. The Kier molecular flexibility index (Phi) is 4.20. The minimum Gasteiger partial charge on any atom is -0.508 e. The van der Waals surface area contributed by atoms with E-state index in [1.165, 1.54) is 7.11 Å². The number of hydrogen-bond donors (Lipinski definition) is 4. The number of para-hydroxylation sites is 1. The first kappa shape index (κ1) is 19.3. The topological polar surface area (TPSA) is 148 Å². The number of benzene rings is 3. The van der Waals surface area contributed by atoms with Crippen molar-refractivity contribution in [2.75, 3.05) is 18.6 Å². The van der Waals surface area contributed by atoms with Gasteiger partial charge in [0.15, 0.2) is 11.5 Å². The molecule has 0 saturated heterocycles. The van der Waals surface area contributed by atoms with E-state index >= 15 is 0 Å². The number of aromatic nitrogens is 1. The van der Waals surface area contributed by atoms with Crippen molar-refractivity contribution in [3.63, 3.8) is 0 Å². The fourth-order valence-corrected chi connectivity index (χ4v) is 4.29. The number of rotatable bonds is 2. The average Bonchev–Trinajstić information content (AvgIpc) is 2.78. The number of methoxy groups -OCH3 is 1. The number of ether oxygens (including phenoxy) is 2. The van der Waals surface area contributed by atoms with E-state index in [4.69, 9.17) is 20.9 Å². The molecule has 0 fully saturated rings. The van der Waals surface area contributed by atoms with Crippen LogP contribution in [0, 0.1) is 11.3 Å². The molecule has 1 atom stereocenters. The highest BCUT2D eigenvalue weighted by Crippen LogP contribution is 2.55. The number of aromatic hydroxyl groups is 2. The number of nitrogens with zero attached hydrogens (tertiary/aromatic N) is 2. The second-order valence-corrected chi connectivity index (χ2v) is 7.43. The molecule has 2 heterocycles. The maximum atomic E-state index is 11.0. The monoisotopic (exact) mass is 426 g/mol. The molecule has 0 radical (unpaired) electrons. The molecule has 8 heteroatoms. The van der Waals surface area contributed by atoms with Crippen LogP contribution in [0.25, 0.3) is 10.8 Å². The Labute approximate surface area is 182 Å². The fourth-order valence-electron chi connectivity index (χ4n) is 4.29. The second-order valence-electron chi connectivity index (χ2n) is 7.43. The van der Waals surface area contributed by atoms with Crippen molar-refractivity contribution in [1.29, 1.82) is 5.26 Å². The third-order valence-corrected chi connectivity index (χ3v) is 5.72. The number of pyridine rings is 1. The SMILES string of the molecule is COc1cccc2c1Oc1nc(N)c(C#N)c(N)c1C2c1c(O)ccc2ccc(O)cc12. The lowest BCUT2D eigenvalue weighted by molar-refractivity contribution is 0.363. The van der Waals surface area contributed by atoms with Gasteiger partial charge in [-0.1, -0.05) is 24.3 Å². The zero-order valence-electron chi connectivity index (χ0n) is 17.0. The normalized spacial score (nSPS) is 14.2. The molecular weight excluding hydrogens is 408 g/mol. The maximum Gasteiger partial charge on any atom is 0.227 e. The second kappa shape index (κ2) is 6.96. The lowest BCUT2D eigenvalue weighted by atomic mass is 9.79. The van der Waals surface area contributed by atoms with E-state index < -0.39 is 5.92 Å². The summed E-state index contributed by atoms with van der Waals surface area (Å²) >= 11 is 0. The zero-order valence-corrected chi connectivity index (χ0v) is 17.0. The lowest BCUT2D eigenvalue weighted by Gasteiger charge is -2.31. The smallest absolute Gasteiger partial charge is 0.227 e. The summed E-state index contributed by atoms with van der Waals surface area (Å²) in [5, 5.41) is 32.2. The molecule has 6 N–H and O–H groups in total. The van der Waals surface area contributed by atoms with Gasteiger partial charge < -0.3 is 31.2 Å². The summed E-state index contributed by atoms with van der Waals surface area (Å²) in [5.74, 6) is 0.296. The summed E-state index contributed by atoms with van der Waals surface area (Å²) in [7, 11) is 1.52. The Morgan fingerprint density at radius 2 is 1.88 bits per heavy atom. The number of anilines is 2. The van der Waals surface area contributed by atoms with Gasteiger partial charge in [0, 0.05) is 17.0 Å². The minimum atomic E-state index is -0.672. The van der Waals surface area contributed by atoms with Crippen LogP contribution in [0.1, 0.15) is 28.2 Å². The van der Waals surface area contributed by atoms with Crippen LogP contribution in [0.2, 0.25) is 0 Å². The van der Waals surface area contributed by atoms with Crippen molar-refractivity contribution in [3.05, 3.63) is 70.8 Å². The number of nitrogen functional groups attached to an aromatic ring is 2. The Morgan fingerprint density at radius 1 is 1.09 bits per heavy atom. The van der Waals surface area contributed by atoms with Crippen molar-refractivity contribution in [2.45, 2.75) is 5.92 Å². The largest absolute Gasteiger partial charge is 0.508 e. The molecular formula is C24H18N4O4. The summed E-state index contributed by atoms with van der Waals surface area (Å²) in [6.07, 6.45) is 0.